The first kappa shape index (κ1) is 15.7. The van der Waals surface area contributed by atoms with Crippen molar-refractivity contribution in [2.45, 2.75) is 12.1 Å². The number of fused-ring (bicyclic) bond motifs is 1. The highest BCUT2D eigenvalue weighted by Crippen LogP contribution is 2.33. The quantitative estimate of drug-likeness (QED) is 0.331. The fourth-order valence-electron chi connectivity index (χ4n) is 2.60. The lowest BCUT2D eigenvalue weighted by Crippen LogP contribution is -2.52. The van der Waals surface area contributed by atoms with Gasteiger partial charge in [0.1, 0.15) is 0 Å². The molecule has 0 unspecified atom stereocenters. The Morgan fingerprint density at radius 3 is 2.42 bits per heavy atom. The molecule has 2 atom stereocenters. The Kier molecular flexibility index (Phi) is 4.26. The molecule has 1 aliphatic rings. The van der Waals surface area contributed by atoms with E-state index in [1.165, 1.54) is 0 Å². The van der Waals surface area contributed by atoms with Gasteiger partial charge in [0.05, 0.1) is 5.56 Å². The van der Waals surface area contributed by atoms with Crippen LogP contribution in [0.2, 0.25) is 0 Å². The van der Waals surface area contributed by atoms with Crippen LogP contribution in [0.25, 0.3) is 0 Å². The van der Waals surface area contributed by atoms with E-state index in [4.69, 9.17) is 10.6 Å². The highest BCUT2D eigenvalue weighted by Gasteiger charge is 2.40. The van der Waals surface area contributed by atoms with Gasteiger partial charge in [0.2, 0.25) is 0 Å². The SMILES string of the molecule is NNC(=O)[C@@H](NC(=O)c1ccccc1)[C@@H]1OC(=O)c2ccccc21. The Morgan fingerprint density at radius 2 is 1.71 bits per heavy atom. The van der Waals surface area contributed by atoms with Gasteiger partial charge in [-0.1, -0.05) is 36.4 Å². The lowest BCUT2D eigenvalue weighted by molar-refractivity contribution is -0.125. The van der Waals surface area contributed by atoms with Crippen LogP contribution in [0.4, 0.5) is 0 Å². The standard InChI is InChI=1S/C17H15N3O4/c18-20-16(22)13(19-15(21)10-6-2-1-3-7-10)14-11-8-4-5-9-12(11)17(23)24-14/h1-9,13-14H,18H2,(H,19,21)(H,20,22)/t13-,14+/m0/s1. The van der Waals surface area contributed by atoms with Gasteiger partial charge in [0, 0.05) is 11.1 Å². The van der Waals surface area contributed by atoms with E-state index in [9.17, 15) is 14.4 Å². The van der Waals surface area contributed by atoms with E-state index in [0.717, 1.165) is 0 Å². The molecule has 0 saturated carbocycles. The molecule has 0 fully saturated rings. The van der Waals surface area contributed by atoms with Crippen molar-refractivity contribution >= 4 is 17.8 Å². The molecule has 4 N–H and O–H groups in total. The van der Waals surface area contributed by atoms with Crippen molar-refractivity contribution in [3.63, 3.8) is 0 Å². The number of hydrogen-bond acceptors (Lipinski definition) is 5. The summed E-state index contributed by atoms with van der Waals surface area (Å²) in [5.74, 6) is 3.55. The van der Waals surface area contributed by atoms with Crippen LogP contribution < -0.4 is 16.6 Å². The number of amides is 2. The van der Waals surface area contributed by atoms with Crippen LogP contribution in [0, 0.1) is 0 Å². The monoisotopic (exact) mass is 325 g/mol. The van der Waals surface area contributed by atoms with Crippen LogP contribution in [0.5, 0.6) is 0 Å². The van der Waals surface area contributed by atoms with Gasteiger partial charge >= 0.3 is 5.97 Å². The van der Waals surface area contributed by atoms with Crippen molar-refractivity contribution in [2.75, 3.05) is 0 Å². The van der Waals surface area contributed by atoms with E-state index in [1.807, 2.05) is 5.43 Å². The van der Waals surface area contributed by atoms with Crippen LogP contribution in [-0.4, -0.2) is 23.8 Å². The third-order valence-electron chi connectivity index (χ3n) is 3.77. The fraction of sp³-hybridized carbons (Fsp3) is 0.118. The number of hydrogen-bond donors (Lipinski definition) is 3. The van der Waals surface area contributed by atoms with Crippen molar-refractivity contribution in [3.05, 3.63) is 71.3 Å². The van der Waals surface area contributed by atoms with Crippen LogP contribution in [0.15, 0.2) is 54.6 Å². The minimum Gasteiger partial charge on any atom is -0.451 e. The summed E-state index contributed by atoms with van der Waals surface area (Å²) < 4.78 is 5.28. The van der Waals surface area contributed by atoms with Gasteiger partial charge in [0.25, 0.3) is 11.8 Å². The van der Waals surface area contributed by atoms with E-state index < -0.39 is 29.9 Å². The Labute approximate surface area is 137 Å². The number of carbonyl (C=O) groups is 3. The molecule has 24 heavy (non-hydrogen) atoms. The molecule has 1 aliphatic heterocycles. The lowest BCUT2D eigenvalue weighted by Gasteiger charge is -2.22. The lowest BCUT2D eigenvalue weighted by atomic mass is 9.99. The average molecular weight is 325 g/mol. The first-order valence-corrected chi connectivity index (χ1v) is 7.28. The molecule has 1 heterocycles. The summed E-state index contributed by atoms with van der Waals surface area (Å²) in [4.78, 5) is 36.4. The maximum absolute atomic E-state index is 12.4. The number of carbonyl (C=O) groups excluding carboxylic acids is 3. The van der Waals surface area contributed by atoms with Crippen molar-refractivity contribution in [1.29, 1.82) is 0 Å². The highest BCUT2D eigenvalue weighted by molar-refractivity contribution is 5.99. The second kappa shape index (κ2) is 6.51. The summed E-state index contributed by atoms with van der Waals surface area (Å²) >= 11 is 0. The Hall–Kier alpha value is -3.19. The molecule has 2 aromatic rings. The van der Waals surface area contributed by atoms with Crippen LogP contribution in [-0.2, 0) is 9.53 Å². The van der Waals surface area contributed by atoms with Crippen LogP contribution in [0.1, 0.15) is 32.4 Å². The van der Waals surface area contributed by atoms with Gasteiger partial charge in [-0.15, -0.1) is 0 Å². The number of cyclic esters (lactones) is 1. The van der Waals surface area contributed by atoms with Gasteiger partial charge in [-0.05, 0) is 18.2 Å². The second-order valence-electron chi connectivity index (χ2n) is 5.24. The molecule has 0 aliphatic carbocycles. The minimum atomic E-state index is -1.14. The zero-order valence-electron chi connectivity index (χ0n) is 12.6. The van der Waals surface area contributed by atoms with E-state index in [1.54, 1.807) is 54.6 Å². The maximum atomic E-state index is 12.4. The van der Waals surface area contributed by atoms with E-state index in [0.29, 0.717) is 16.7 Å². The van der Waals surface area contributed by atoms with Crippen molar-refractivity contribution in [1.82, 2.24) is 10.7 Å². The maximum Gasteiger partial charge on any atom is 0.339 e. The molecule has 0 radical (unpaired) electrons. The number of hydrazine groups is 1. The second-order valence-corrected chi connectivity index (χ2v) is 5.24. The van der Waals surface area contributed by atoms with E-state index >= 15 is 0 Å². The summed E-state index contributed by atoms with van der Waals surface area (Å²) in [5.41, 5.74) is 3.28. The average Bonchev–Trinajstić information content (AvgIpc) is 2.96. The molecule has 0 aromatic heterocycles. The topological polar surface area (TPSA) is 111 Å². The Morgan fingerprint density at radius 1 is 1.04 bits per heavy atom. The third kappa shape index (κ3) is 2.84. The number of rotatable bonds is 4. The summed E-state index contributed by atoms with van der Waals surface area (Å²) in [6, 6.07) is 14.0. The molecular formula is C17H15N3O4. The number of nitrogens with two attached hydrogens (primary N) is 1. The normalized spacial score (nSPS) is 16.7. The number of nitrogens with one attached hydrogen (secondary N) is 2. The molecule has 7 heteroatoms. The smallest absolute Gasteiger partial charge is 0.339 e. The molecule has 3 rings (SSSR count). The zero-order chi connectivity index (χ0) is 17.1. The Bertz CT molecular complexity index is 791. The molecule has 122 valence electrons. The van der Waals surface area contributed by atoms with Gasteiger partial charge in [-0.25, -0.2) is 10.6 Å². The molecule has 2 aromatic carbocycles. The minimum absolute atomic E-state index is 0.367. The van der Waals surface area contributed by atoms with Gasteiger partial charge in [-0.2, -0.15) is 0 Å². The predicted octanol–water partition coefficient (Wildman–Crippen LogP) is 0.687. The van der Waals surface area contributed by atoms with E-state index in [2.05, 4.69) is 5.32 Å². The fourth-order valence-corrected chi connectivity index (χ4v) is 2.60. The molecule has 0 saturated heterocycles. The first-order valence-electron chi connectivity index (χ1n) is 7.28. The zero-order valence-corrected chi connectivity index (χ0v) is 12.6. The molecule has 2 amide bonds. The van der Waals surface area contributed by atoms with Gasteiger partial charge < -0.3 is 10.1 Å². The summed E-state index contributed by atoms with van der Waals surface area (Å²) in [5, 5.41) is 2.58. The van der Waals surface area contributed by atoms with Crippen molar-refractivity contribution < 1.29 is 19.1 Å². The largest absolute Gasteiger partial charge is 0.451 e. The number of benzene rings is 2. The van der Waals surface area contributed by atoms with Crippen LogP contribution >= 0.6 is 0 Å². The third-order valence-corrected chi connectivity index (χ3v) is 3.77. The first-order chi connectivity index (χ1) is 11.6. The predicted molar refractivity (Wildman–Crippen MR) is 84.6 cm³/mol. The van der Waals surface area contributed by atoms with Gasteiger partial charge in [-0.3, -0.25) is 15.0 Å². The Balaban J connectivity index is 1.90. The summed E-state index contributed by atoms with van der Waals surface area (Å²) in [7, 11) is 0. The summed E-state index contributed by atoms with van der Waals surface area (Å²) in [6.45, 7) is 0. The molecule has 0 spiro atoms. The molecule has 0 bridgehead atoms. The summed E-state index contributed by atoms with van der Waals surface area (Å²) in [6.07, 6.45) is -0.940. The number of ether oxygens (including phenoxy) is 1. The number of esters is 1. The van der Waals surface area contributed by atoms with Crippen molar-refractivity contribution in [2.24, 2.45) is 5.84 Å². The highest BCUT2D eigenvalue weighted by atomic mass is 16.6. The van der Waals surface area contributed by atoms with Gasteiger partial charge in [0.15, 0.2) is 12.1 Å². The van der Waals surface area contributed by atoms with Crippen LogP contribution in [0.3, 0.4) is 0 Å². The molecular weight excluding hydrogens is 310 g/mol. The van der Waals surface area contributed by atoms with Crippen molar-refractivity contribution in [3.8, 4) is 0 Å². The van der Waals surface area contributed by atoms with E-state index in [-0.39, 0.29) is 0 Å². The molecule has 7 nitrogen and oxygen atoms in total.